The van der Waals surface area contributed by atoms with Crippen LogP contribution in [0.3, 0.4) is 0 Å². The number of hydrogen-bond donors (Lipinski definition) is 2. The van der Waals surface area contributed by atoms with Crippen LogP contribution >= 0.6 is 0 Å². The maximum Gasteiger partial charge on any atom is 0.189 e. The van der Waals surface area contributed by atoms with Gasteiger partial charge in [-0.15, -0.1) is 0 Å². The number of nitrogens with one attached hydrogen (secondary N) is 1. The van der Waals surface area contributed by atoms with E-state index in [1.54, 1.807) is 0 Å². The van der Waals surface area contributed by atoms with Crippen molar-refractivity contribution in [1.82, 2.24) is 10.2 Å². The molecule has 3 N–H and O–H groups in total. The van der Waals surface area contributed by atoms with E-state index in [0.29, 0.717) is 24.6 Å². The van der Waals surface area contributed by atoms with Crippen molar-refractivity contribution in [3.05, 3.63) is 35.4 Å². The van der Waals surface area contributed by atoms with Gasteiger partial charge in [0.1, 0.15) is 0 Å². The zero-order valence-corrected chi connectivity index (χ0v) is 14.9. The first-order valence-corrected chi connectivity index (χ1v) is 8.97. The standard InChI is InChI=1S/C19H32N4/c1-4-15(2)22-19(20)21-13-17-10-5-6-11-18(17)14-23-12-8-7-9-16(23)3/h5-6,10-11,15-16H,4,7-9,12-14H2,1-3H3,(H3,20,21,22). The maximum absolute atomic E-state index is 5.98. The van der Waals surface area contributed by atoms with E-state index in [1.807, 2.05) is 0 Å². The van der Waals surface area contributed by atoms with E-state index < -0.39 is 0 Å². The minimum absolute atomic E-state index is 0.364. The fourth-order valence-corrected chi connectivity index (χ4v) is 3.05. The Bertz CT molecular complexity index is 512. The van der Waals surface area contributed by atoms with Gasteiger partial charge in [0.05, 0.1) is 6.54 Å². The third-order valence-corrected chi connectivity index (χ3v) is 4.86. The van der Waals surface area contributed by atoms with Crippen molar-refractivity contribution in [2.45, 2.75) is 71.6 Å². The molecule has 1 aliphatic heterocycles. The molecule has 0 aromatic heterocycles. The zero-order chi connectivity index (χ0) is 16.7. The molecule has 1 saturated heterocycles. The predicted molar refractivity (Wildman–Crippen MR) is 98.4 cm³/mol. The van der Waals surface area contributed by atoms with Crippen molar-refractivity contribution >= 4 is 5.96 Å². The highest BCUT2D eigenvalue weighted by molar-refractivity contribution is 5.78. The smallest absolute Gasteiger partial charge is 0.189 e. The summed E-state index contributed by atoms with van der Waals surface area (Å²) in [6, 6.07) is 9.65. The molecule has 2 rings (SSSR count). The number of benzene rings is 1. The fraction of sp³-hybridized carbons (Fsp3) is 0.632. The molecule has 23 heavy (non-hydrogen) atoms. The van der Waals surface area contributed by atoms with Crippen LogP contribution in [-0.2, 0) is 13.1 Å². The molecule has 4 heteroatoms. The summed E-state index contributed by atoms with van der Waals surface area (Å²) in [4.78, 5) is 7.11. The summed E-state index contributed by atoms with van der Waals surface area (Å²) in [6.07, 6.45) is 5.03. The van der Waals surface area contributed by atoms with Crippen molar-refractivity contribution < 1.29 is 0 Å². The molecule has 1 aromatic carbocycles. The van der Waals surface area contributed by atoms with Gasteiger partial charge in [-0.05, 0) is 50.8 Å². The molecule has 1 aromatic rings. The van der Waals surface area contributed by atoms with Gasteiger partial charge in [-0.1, -0.05) is 37.6 Å². The van der Waals surface area contributed by atoms with Crippen LogP contribution in [0.4, 0.5) is 0 Å². The first-order valence-electron chi connectivity index (χ1n) is 8.97. The van der Waals surface area contributed by atoms with E-state index in [0.717, 1.165) is 13.0 Å². The number of guanidine groups is 1. The van der Waals surface area contributed by atoms with Crippen LogP contribution in [-0.4, -0.2) is 29.5 Å². The maximum atomic E-state index is 5.98. The Morgan fingerprint density at radius 1 is 1.35 bits per heavy atom. The second kappa shape index (κ2) is 8.92. The van der Waals surface area contributed by atoms with Crippen molar-refractivity contribution in [2.75, 3.05) is 6.54 Å². The van der Waals surface area contributed by atoms with Gasteiger partial charge in [-0.2, -0.15) is 0 Å². The number of aliphatic imine (C=N–C) groups is 1. The molecule has 0 saturated carbocycles. The van der Waals surface area contributed by atoms with E-state index in [1.165, 1.54) is 36.9 Å². The van der Waals surface area contributed by atoms with E-state index in [2.05, 4.69) is 60.2 Å². The van der Waals surface area contributed by atoms with Gasteiger partial charge in [0.15, 0.2) is 5.96 Å². The van der Waals surface area contributed by atoms with Crippen LogP contribution < -0.4 is 11.1 Å². The normalized spacial score (nSPS) is 21.2. The first-order chi connectivity index (χ1) is 11.1. The van der Waals surface area contributed by atoms with Crippen LogP contribution in [0.15, 0.2) is 29.3 Å². The number of likely N-dealkylation sites (tertiary alicyclic amines) is 1. The topological polar surface area (TPSA) is 53.6 Å². The molecule has 1 aliphatic rings. The quantitative estimate of drug-likeness (QED) is 0.625. The summed E-state index contributed by atoms with van der Waals surface area (Å²) < 4.78 is 0. The molecule has 2 unspecified atom stereocenters. The Kier molecular flexibility index (Phi) is 6.90. The lowest BCUT2D eigenvalue weighted by Crippen LogP contribution is -2.38. The molecule has 0 bridgehead atoms. The van der Waals surface area contributed by atoms with Gasteiger partial charge >= 0.3 is 0 Å². The van der Waals surface area contributed by atoms with E-state index in [4.69, 9.17) is 5.73 Å². The number of nitrogens with two attached hydrogens (primary N) is 1. The molecular formula is C19H32N4. The van der Waals surface area contributed by atoms with Gasteiger partial charge in [0.2, 0.25) is 0 Å². The summed E-state index contributed by atoms with van der Waals surface area (Å²) in [5.41, 5.74) is 8.64. The number of hydrogen-bond acceptors (Lipinski definition) is 2. The highest BCUT2D eigenvalue weighted by atomic mass is 15.2. The highest BCUT2D eigenvalue weighted by Gasteiger charge is 2.18. The number of rotatable bonds is 6. The average Bonchev–Trinajstić information content (AvgIpc) is 2.56. The van der Waals surface area contributed by atoms with Crippen LogP contribution in [0.5, 0.6) is 0 Å². The molecule has 0 radical (unpaired) electrons. The molecule has 1 heterocycles. The van der Waals surface area contributed by atoms with Crippen LogP contribution in [0.25, 0.3) is 0 Å². The van der Waals surface area contributed by atoms with Crippen molar-refractivity contribution in [1.29, 1.82) is 0 Å². The molecule has 128 valence electrons. The lowest BCUT2D eigenvalue weighted by molar-refractivity contribution is 0.152. The minimum atomic E-state index is 0.364. The average molecular weight is 316 g/mol. The van der Waals surface area contributed by atoms with Gasteiger partial charge in [-0.25, -0.2) is 4.99 Å². The second-order valence-corrected chi connectivity index (χ2v) is 6.74. The largest absolute Gasteiger partial charge is 0.370 e. The number of nitrogens with zero attached hydrogens (tertiary/aromatic N) is 2. The molecule has 0 spiro atoms. The molecule has 2 atom stereocenters. The van der Waals surface area contributed by atoms with Gasteiger partial charge < -0.3 is 11.1 Å². The summed E-state index contributed by atoms with van der Waals surface area (Å²) in [6.45, 7) is 9.47. The number of piperidine rings is 1. The Hall–Kier alpha value is -1.55. The molecule has 1 fully saturated rings. The van der Waals surface area contributed by atoms with Crippen LogP contribution in [0, 0.1) is 0 Å². The molecule has 0 aliphatic carbocycles. The Morgan fingerprint density at radius 3 is 2.78 bits per heavy atom. The zero-order valence-electron chi connectivity index (χ0n) is 14.9. The SMILES string of the molecule is CCC(C)NC(N)=NCc1ccccc1CN1CCCCC1C. The summed E-state index contributed by atoms with van der Waals surface area (Å²) >= 11 is 0. The van der Waals surface area contributed by atoms with Crippen molar-refractivity contribution in [3.63, 3.8) is 0 Å². The minimum Gasteiger partial charge on any atom is -0.370 e. The predicted octanol–water partition coefficient (Wildman–Crippen LogP) is 3.26. The van der Waals surface area contributed by atoms with Gasteiger partial charge in [0, 0.05) is 18.6 Å². The van der Waals surface area contributed by atoms with Crippen molar-refractivity contribution in [3.8, 4) is 0 Å². The van der Waals surface area contributed by atoms with Crippen LogP contribution in [0.1, 0.15) is 57.6 Å². The molecule has 4 nitrogen and oxygen atoms in total. The summed E-state index contributed by atoms with van der Waals surface area (Å²) in [5.74, 6) is 0.542. The second-order valence-electron chi connectivity index (χ2n) is 6.74. The fourth-order valence-electron chi connectivity index (χ4n) is 3.05. The Labute approximate surface area is 141 Å². The van der Waals surface area contributed by atoms with E-state index in [9.17, 15) is 0 Å². The first kappa shape index (κ1) is 17.8. The lowest BCUT2D eigenvalue weighted by Gasteiger charge is -2.33. The lowest BCUT2D eigenvalue weighted by atomic mass is 10.0. The summed E-state index contributed by atoms with van der Waals surface area (Å²) in [7, 11) is 0. The monoisotopic (exact) mass is 316 g/mol. The van der Waals surface area contributed by atoms with Gasteiger partial charge in [-0.3, -0.25) is 4.90 Å². The third kappa shape index (κ3) is 5.54. The molecular weight excluding hydrogens is 284 g/mol. The van der Waals surface area contributed by atoms with E-state index >= 15 is 0 Å². The Morgan fingerprint density at radius 2 is 2.09 bits per heavy atom. The van der Waals surface area contributed by atoms with Crippen molar-refractivity contribution in [2.24, 2.45) is 10.7 Å². The highest BCUT2D eigenvalue weighted by Crippen LogP contribution is 2.21. The third-order valence-electron chi connectivity index (χ3n) is 4.86. The Balaban J connectivity index is 2.01. The van der Waals surface area contributed by atoms with Crippen LogP contribution in [0.2, 0.25) is 0 Å². The molecule has 0 amide bonds. The summed E-state index contributed by atoms with van der Waals surface area (Å²) in [5, 5.41) is 3.23. The van der Waals surface area contributed by atoms with E-state index in [-0.39, 0.29) is 0 Å². The van der Waals surface area contributed by atoms with Gasteiger partial charge in [0.25, 0.3) is 0 Å².